The Morgan fingerprint density at radius 2 is 0.660 bits per heavy atom. The Balaban J connectivity index is 1.87. The van der Waals surface area contributed by atoms with Crippen molar-refractivity contribution in [3.05, 3.63) is 24.3 Å². The molecular weight excluding hydrogens is 1210 g/mol. The standard InChI is InChI=1S/C86H165NO10/c1-3-5-7-9-11-13-15-17-44-48-52-56-60-64-68-72-79(89)78(77-96-86-85(94)84(93)83(92)80(76-88)97-86)87-81(90)73-69-65-61-57-53-49-46-42-40-38-36-34-32-30-28-26-24-22-20-19-21-23-25-27-29-31-33-35-37-39-41-43-47-51-55-59-63-67-71-75-95-82(91)74-70-66-62-58-54-50-45-18-16-14-12-10-8-6-4-2/h18,45,68,72,78-80,83-86,88-89,92-94H,3-17,19-44,46-67,69-71,73-77H2,1-2H3,(H,87,90)/b45-18-,72-68+. The molecule has 0 radical (unpaired) electrons. The summed E-state index contributed by atoms with van der Waals surface area (Å²) in [4.78, 5) is 25.2. The van der Waals surface area contributed by atoms with Crippen LogP contribution in [0.1, 0.15) is 450 Å². The molecule has 1 rings (SSSR count). The summed E-state index contributed by atoms with van der Waals surface area (Å²) in [5.74, 6) is -0.160. The van der Waals surface area contributed by atoms with Crippen LogP contribution in [-0.4, -0.2) is 100 Å². The van der Waals surface area contributed by atoms with Gasteiger partial charge in [-0.15, -0.1) is 0 Å². The van der Waals surface area contributed by atoms with Crippen molar-refractivity contribution in [2.24, 2.45) is 0 Å². The third-order valence-corrected chi connectivity index (χ3v) is 20.8. The Morgan fingerprint density at radius 1 is 0.371 bits per heavy atom. The molecule has 97 heavy (non-hydrogen) atoms. The average molecular weight is 1370 g/mol. The van der Waals surface area contributed by atoms with Crippen LogP contribution in [0, 0.1) is 0 Å². The van der Waals surface area contributed by atoms with Gasteiger partial charge in [0.25, 0.3) is 0 Å². The topological polar surface area (TPSA) is 175 Å². The molecule has 0 spiro atoms. The summed E-state index contributed by atoms with van der Waals surface area (Å²) in [6.45, 7) is 4.41. The van der Waals surface area contributed by atoms with Crippen molar-refractivity contribution in [2.45, 2.75) is 493 Å². The Morgan fingerprint density at radius 3 is 0.990 bits per heavy atom. The normalized spacial score (nSPS) is 17.3. The van der Waals surface area contributed by atoms with Gasteiger partial charge in [-0.3, -0.25) is 9.59 Å². The van der Waals surface area contributed by atoms with Crippen molar-refractivity contribution in [1.29, 1.82) is 0 Å². The number of allylic oxidation sites excluding steroid dienone is 3. The lowest BCUT2D eigenvalue weighted by Gasteiger charge is -2.40. The maximum atomic E-state index is 13.1. The molecule has 11 nitrogen and oxygen atoms in total. The molecule has 0 saturated carbocycles. The van der Waals surface area contributed by atoms with E-state index >= 15 is 0 Å². The molecule has 1 saturated heterocycles. The SMILES string of the molecule is CCCCCCCC/C=C\CCCCCCCC(=O)OCCCCCCCCCCCCCCCCCCCCCCCCCCCCCCCCCCCCCCCCCC(=O)NC(COC1OC(CO)C(O)C(O)C1O)C(O)/C=C/CCCCCCCCCCCCCCC. The van der Waals surface area contributed by atoms with Crippen LogP contribution in [0.3, 0.4) is 0 Å². The molecule has 0 aliphatic carbocycles. The summed E-state index contributed by atoms with van der Waals surface area (Å²) in [7, 11) is 0. The van der Waals surface area contributed by atoms with Gasteiger partial charge in [0, 0.05) is 12.8 Å². The quantitative estimate of drug-likeness (QED) is 0.0195. The second kappa shape index (κ2) is 75.3. The number of ether oxygens (including phenoxy) is 3. The molecule has 6 N–H and O–H groups in total. The molecule has 0 bridgehead atoms. The fourth-order valence-electron chi connectivity index (χ4n) is 14.1. The molecule has 1 aliphatic heterocycles. The highest BCUT2D eigenvalue weighted by molar-refractivity contribution is 5.76. The number of aliphatic hydroxyl groups excluding tert-OH is 5. The van der Waals surface area contributed by atoms with Gasteiger partial charge < -0.3 is 45.1 Å². The molecule has 574 valence electrons. The maximum absolute atomic E-state index is 13.1. The third kappa shape index (κ3) is 63.6. The first-order valence-electron chi connectivity index (χ1n) is 43.1. The smallest absolute Gasteiger partial charge is 0.305 e. The van der Waals surface area contributed by atoms with E-state index in [1.54, 1.807) is 6.08 Å². The van der Waals surface area contributed by atoms with Gasteiger partial charge in [-0.2, -0.15) is 0 Å². The zero-order valence-electron chi connectivity index (χ0n) is 64.3. The fraction of sp³-hybridized carbons (Fsp3) is 0.930. The lowest BCUT2D eigenvalue weighted by atomic mass is 9.99. The molecule has 11 heteroatoms. The van der Waals surface area contributed by atoms with Crippen LogP contribution in [0.5, 0.6) is 0 Å². The van der Waals surface area contributed by atoms with E-state index in [1.165, 1.54) is 366 Å². The zero-order chi connectivity index (χ0) is 70.1. The predicted octanol–water partition coefficient (Wildman–Crippen LogP) is 23.9. The summed E-state index contributed by atoms with van der Waals surface area (Å²) >= 11 is 0. The van der Waals surface area contributed by atoms with E-state index in [9.17, 15) is 35.1 Å². The minimum atomic E-state index is -1.57. The van der Waals surface area contributed by atoms with Gasteiger partial charge in [-0.05, 0) is 57.8 Å². The number of carbonyl (C=O) groups is 2. The van der Waals surface area contributed by atoms with Gasteiger partial charge in [0.1, 0.15) is 24.4 Å². The number of nitrogens with one attached hydrogen (secondary N) is 1. The van der Waals surface area contributed by atoms with Crippen LogP contribution >= 0.6 is 0 Å². The van der Waals surface area contributed by atoms with E-state index in [1.807, 2.05) is 6.08 Å². The van der Waals surface area contributed by atoms with Gasteiger partial charge in [0.05, 0.1) is 32.0 Å². The number of rotatable bonds is 78. The monoisotopic (exact) mass is 1370 g/mol. The molecule has 0 aromatic carbocycles. The van der Waals surface area contributed by atoms with E-state index in [4.69, 9.17) is 14.2 Å². The van der Waals surface area contributed by atoms with Crippen molar-refractivity contribution in [1.82, 2.24) is 5.32 Å². The first-order valence-corrected chi connectivity index (χ1v) is 43.1. The Bertz CT molecular complexity index is 1660. The van der Waals surface area contributed by atoms with Crippen molar-refractivity contribution < 1.29 is 49.3 Å². The summed E-state index contributed by atoms with van der Waals surface area (Å²) in [6.07, 6.45) is 88.0. The summed E-state index contributed by atoms with van der Waals surface area (Å²) in [5.41, 5.74) is 0. The van der Waals surface area contributed by atoms with Crippen molar-refractivity contribution in [2.75, 3.05) is 19.8 Å². The second-order valence-corrected chi connectivity index (χ2v) is 30.2. The van der Waals surface area contributed by atoms with Gasteiger partial charge in [-0.25, -0.2) is 0 Å². The van der Waals surface area contributed by atoms with E-state index in [-0.39, 0.29) is 18.5 Å². The number of hydrogen-bond acceptors (Lipinski definition) is 10. The van der Waals surface area contributed by atoms with Gasteiger partial charge in [0.15, 0.2) is 6.29 Å². The number of esters is 1. The minimum absolute atomic E-state index is 0.0114. The Hall–Kier alpha value is -1.86. The van der Waals surface area contributed by atoms with Gasteiger partial charge in [-0.1, -0.05) is 404 Å². The first kappa shape index (κ1) is 93.2. The third-order valence-electron chi connectivity index (χ3n) is 20.8. The van der Waals surface area contributed by atoms with Crippen molar-refractivity contribution >= 4 is 11.9 Å². The summed E-state index contributed by atoms with van der Waals surface area (Å²) in [5, 5.41) is 54.7. The second-order valence-electron chi connectivity index (χ2n) is 30.2. The maximum Gasteiger partial charge on any atom is 0.305 e. The molecule has 1 fully saturated rings. The van der Waals surface area contributed by atoms with E-state index in [0.29, 0.717) is 19.4 Å². The summed E-state index contributed by atoms with van der Waals surface area (Å²) in [6, 6.07) is -0.805. The van der Waals surface area contributed by atoms with Crippen molar-refractivity contribution in [3.63, 3.8) is 0 Å². The highest BCUT2D eigenvalue weighted by atomic mass is 16.7. The summed E-state index contributed by atoms with van der Waals surface area (Å²) < 4.78 is 16.8. The van der Waals surface area contributed by atoms with Crippen LogP contribution in [0.15, 0.2) is 24.3 Å². The highest BCUT2D eigenvalue weighted by Crippen LogP contribution is 2.24. The van der Waals surface area contributed by atoms with Gasteiger partial charge >= 0.3 is 5.97 Å². The Kier molecular flexibility index (Phi) is 72.3. The predicted molar refractivity (Wildman–Crippen MR) is 412 cm³/mol. The first-order chi connectivity index (χ1) is 47.7. The van der Waals surface area contributed by atoms with Crippen LogP contribution in [-0.2, 0) is 23.8 Å². The highest BCUT2D eigenvalue weighted by Gasteiger charge is 2.44. The molecule has 1 aliphatic rings. The van der Waals surface area contributed by atoms with E-state index in [2.05, 4.69) is 31.3 Å². The zero-order valence-corrected chi connectivity index (χ0v) is 64.3. The largest absolute Gasteiger partial charge is 0.466 e. The number of hydrogen-bond donors (Lipinski definition) is 6. The minimum Gasteiger partial charge on any atom is -0.466 e. The van der Waals surface area contributed by atoms with E-state index in [0.717, 1.165) is 57.8 Å². The number of carbonyl (C=O) groups excluding carboxylic acids is 2. The lowest BCUT2D eigenvalue weighted by Crippen LogP contribution is -2.60. The number of aliphatic hydroxyl groups is 5. The molecular formula is C86H165NO10. The van der Waals surface area contributed by atoms with Crippen LogP contribution in [0.2, 0.25) is 0 Å². The van der Waals surface area contributed by atoms with Crippen LogP contribution < -0.4 is 5.32 Å². The number of unbranched alkanes of at least 4 members (excludes halogenated alkanes) is 62. The average Bonchev–Trinajstić information content (AvgIpc) is 1.20. The molecule has 7 atom stereocenters. The molecule has 1 heterocycles. The van der Waals surface area contributed by atoms with E-state index < -0.39 is 49.5 Å². The molecule has 0 aromatic rings. The van der Waals surface area contributed by atoms with Crippen molar-refractivity contribution in [3.8, 4) is 0 Å². The lowest BCUT2D eigenvalue weighted by molar-refractivity contribution is -0.302. The van der Waals surface area contributed by atoms with Crippen LogP contribution in [0.25, 0.3) is 0 Å². The van der Waals surface area contributed by atoms with Crippen LogP contribution in [0.4, 0.5) is 0 Å². The molecule has 1 amide bonds. The Labute approximate surface area is 601 Å². The number of amides is 1. The molecule has 7 unspecified atom stereocenters. The molecule has 0 aromatic heterocycles. The van der Waals surface area contributed by atoms with Gasteiger partial charge in [0.2, 0.25) is 5.91 Å². The fourth-order valence-corrected chi connectivity index (χ4v) is 14.1.